The molecule has 0 aliphatic rings. The molecule has 2 aromatic carbocycles. The second-order valence-electron chi connectivity index (χ2n) is 4.46. The van der Waals surface area contributed by atoms with Crippen LogP contribution < -0.4 is 10.7 Å². The van der Waals surface area contributed by atoms with Crippen LogP contribution in [0.15, 0.2) is 59.7 Å². The van der Waals surface area contributed by atoms with Crippen molar-refractivity contribution in [2.45, 2.75) is 6.92 Å². The Balaban J connectivity index is 2.11. The van der Waals surface area contributed by atoms with Gasteiger partial charge in [-0.15, -0.1) is 0 Å². The highest BCUT2D eigenvalue weighted by Crippen LogP contribution is 2.14. The Morgan fingerprint density at radius 1 is 1.05 bits per heavy atom. The van der Waals surface area contributed by atoms with Crippen molar-refractivity contribution < 1.29 is 4.79 Å². The van der Waals surface area contributed by atoms with Crippen LogP contribution in [0.25, 0.3) is 0 Å². The quantitative estimate of drug-likeness (QED) is 0.491. The lowest BCUT2D eigenvalue weighted by atomic mass is 10.2. The molecule has 2 rings (SSSR count). The number of para-hydroxylation sites is 1. The van der Waals surface area contributed by atoms with Crippen LogP contribution in [-0.4, -0.2) is 16.5 Å². The van der Waals surface area contributed by atoms with Gasteiger partial charge in [-0.2, -0.15) is 5.10 Å². The zero-order valence-electron chi connectivity index (χ0n) is 11.8. The number of nitrogens with one attached hydrogen (secondary N) is 2. The van der Waals surface area contributed by atoms with Crippen molar-refractivity contribution in [1.29, 1.82) is 0 Å². The number of anilines is 2. The van der Waals surface area contributed by atoms with Crippen LogP contribution in [0.1, 0.15) is 6.92 Å². The number of hydrogen-bond donors (Lipinski definition) is 2. The normalized spacial score (nSPS) is 10.9. The van der Waals surface area contributed by atoms with Crippen LogP contribution in [0.4, 0.5) is 11.4 Å². The lowest BCUT2D eigenvalue weighted by Crippen LogP contribution is -2.27. The summed E-state index contributed by atoms with van der Waals surface area (Å²) in [5.41, 5.74) is 4.49. The van der Waals surface area contributed by atoms with Crippen molar-refractivity contribution in [1.82, 2.24) is 0 Å². The maximum absolute atomic E-state index is 11.7. The molecule has 0 spiro atoms. The minimum atomic E-state index is -0.227. The average molecular weight is 332 g/mol. The molecule has 0 atom stereocenters. The number of Topliss-reactive ketones (excluding diaryl/α,β-unsaturated/α-hetero) is 1. The van der Waals surface area contributed by atoms with E-state index in [2.05, 4.69) is 15.8 Å². The summed E-state index contributed by atoms with van der Waals surface area (Å²) < 4.78 is 0. The molecule has 6 heteroatoms. The van der Waals surface area contributed by atoms with Crippen LogP contribution >= 0.6 is 23.8 Å². The van der Waals surface area contributed by atoms with Crippen LogP contribution in [0.2, 0.25) is 5.02 Å². The molecule has 0 amide bonds. The van der Waals surface area contributed by atoms with Gasteiger partial charge in [0.1, 0.15) is 4.99 Å². The fourth-order valence-electron chi connectivity index (χ4n) is 1.65. The number of halogens is 1. The molecule has 0 fully saturated rings. The molecule has 0 aliphatic carbocycles. The molecule has 0 heterocycles. The van der Waals surface area contributed by atoms with Gasteiger partial charge in [-0.05, 0) is 36.4 Å². The molecular formula is C16H14ClN3OS. The molecule has 0 aliphatic heterocycles. The van der Waals surface area contributed by atoms with Gasteiger partial charge < -0.3 is 5.32 Å². The second kappa shape index (κ2) is 7.68. The SMILES string of the molecule is CC(=O)C(=NNc1ccccc1)C(=S)Nc1ccc(Cl)cc1. The fraction of sp³-hybridized carbons (Fsp3) is 0.0625. The summed E-state index contributed by atoms with van der Waals surface area (Å²) in [6, 6.07) is 16.3. The standard InChI is InChI=1S/C16H14ClN3OS/c1-11(21)15(20-19-14-5-3-2-4-6-14)16(22)18-13-9-7-12(17)8-10-13/h2-10,19H,1H3,(H,18,22). The number of ketones is 1. The molecule has 2 N–H and O–H groups in total. The maximum atomic E-state index is 11.7. The molecule has 4 nitrogen and oxygen atoms in total. The molecule has 0 saturated carbocycles. The van der Waals surface area contributed by atoms with Gasteiger partial charge in [0.05, 0.1) is 5.69 Å². The van der Waals surface area contributed by atoms with Crippen molar-refractivity contribution in [3.05, 3.63) is 59.6 Å². The number of hydrazone groups is 1. The maximum Gasteiger partial charge on any atom is 0.182 e. The minimum absolute atomic E-state index is 0.161. The number of rotatable bonds is 5. The molecular weight excluding hydrogens is 318 g/mol. The Morgan fingerprint density at radius 3 is 2.27 bits per heavy atom. The molecule has 22 heavy (non-hydrogen) atoms. The van der Waals surface area contributed by atoms with E-state index in [4.69, 9.17) is 23.8 Å². The molecule has 2 aromatic rings. The Kier molecular flexibility index (Phi) is 5.63. The van der Waals surface area contributed by atoms with Gasteiger partial charge in [0.15, 0.2) is 11.5 Å². The minimum Gasteiger partial charge on any atom is -0.345 e. The summed E-state index contributed by atoms with van der Waals surface area (Å²) in [5.74, 6) is -0.227. The van der Waals surface area contributed by atoms with E-state index in [0.29, 0.717) is 5.02 Å². The van der Waals surface area contributed by atoms with E-state index in [9.17, 15) is 4.79 Å². The Morgan fingerprint density at radius 2 is 1.68 bits per heavy atom. The Labute approximate surface area is 139 Å². The summed E-state index contributed by atoms with van der Waals surface area (Å²) in [4.78, 5) is 12.0. The largest absolute Gasteiger partial charge is 0.345 e. The number of nitrogens with zero attached hydrogens (tertiary/aromatic N) is 1. The highest BCUT2D eigenvalue weighted by Gasteiger charge is 2.13. The van der Waals surface area contributed by atoms with Crippen molar-refractivity contribution in [2.75, 3.05) is 10.7 Å². The topological polar surface area (TPSA) is 53.5 Å². The zero-order chi connectivity index (χ0) is 15.9. The molecule has 0 unspecified atom stereocenters. The highest BCUT2D eigenvalue weighted by atomic mass is 35.5. The van der Waals surface area contributed by atoms with Crippen LogP contribution in [0, 0.1) is 0 Å². The zero-order valence-corrected chi connectivity index (χ0v) is 13.4. The number of thiocarbonyl (C=S) groups is 1. The lowest BCUT2D eigenvalue weighted by molar-refractivity contribution is -0.110. The molecule has 0 aromatic heterocycles. The number of benzene rings is 2. The summed E-state index contributed by atoms with van der Waals surface area (Å²) in [6.45, 7) is 1.42. The lowest BCUT2D eigenvalue weighted by Gasteiger charge is -2.09. The van der Waals surface area contributed by atoms with E-state index >= 15 is 0 Å². The van der Waals surface area contributed by atoms with Crippen molar-refractivity contribution in [2.24, 2.45) is 5.10 Å². The van der Waals surface area contributed by atoms with Crippen LogP contribution in [0.3, 0.4) is 0 Å². The molecule has 0 bridgehead atoms. The summed E-state index contributed by atoms with van der Waals surface area (Å²) in [6.07, 6.45) is 0. The number of carbonyl (C=O) groups excluding carboxylic acids is 1. The highest BCUT2D eigenvalue weighted by molar-refractivity contribution is 7.82. The molecule has 0 saturated heterocycles. The van der Waals surface area contributed by atoms with E-state index in [1.54, 1.807) is 24.3 Å². The van der Waals surface area contributed by atoms with E-state index < -0.39 is 0 Å². The van der Waals surface area contributed by atoms with Gasteiger partial charge in [-0.1, -0.05) is 42.0 Å². The first-order valence-corrected chi connectivity index (χ1v) is 7.31. The summed E-state index contributed by atoms with van der Waals surface area (Å²) in [7, 11) is 0. The van der Waals surface area contributed by atoms with E-state index in [1.807, 2.05) is 30.3 Å². The van der Waals surface area contributed by atoms with E-state index in [1.165, 1.54) is 6.92 Å². The Hall–Kier alpha value is -2.24. The summed E-state index contributed by atoms with van der Waals surface area (Å²) >= 11 is 11.1. The van der Waals surface area contributed by atoms with Gasteiger partial charge in [-0.3, -0.25) is 10.2 Å². The average Bonchev–Trinajstić information content (AvgIpc) is 2.50. The van der Waals surface area contributed by atoms with Gasteiger partial charge in [-0.25, -0.2) is 0 Å². The van der Waals surface area contributed by atoms with Crippen molar-refractivity contribution in [3.8, 4) is 0 Å². The van der Waals surface area contributed by atoms with Gasteiger partial charge in [0, 0.05) is 17.6 Å². The van der Waals surface area contributed by atoms with E-state index in [0.717, 1.165) is 11.4 Å². The van der Waals surface area contributed by atoms with Gasteiger partial charge in [0.2, 0.25) is 0 Å². The Bertz CT molecular complexity index is 699. The number of carbonyl (C=O) groups is 1. The van der Waals surface area contributed by atoms with Crippen molar-refractivity contribution >= 4 is 51.7 Å². The third-order valence-corrected chi connectivity index (χ3v) is 3.27. The molecule has 0 radical (unpaired) electrons. The predicted octanol–water partition coefficient (Wildman–Crippen LogP) is 4.14. The first kappa shape index (κ1) is 16.1. The van der Waals surface area contributed by atoms with Crippen molar-refractivity contribution in [3.63, 3.8) is 0 Å². The van der Waals surface area contributed by atoms with E-state index in [-0.39, 0.29) is 16.5 Å². The third-order valence-electron chi connectivity index (χ3n) is 2.72. The second-order valence-corrected chi connectivity index (χ2v) is 5.30. The van der Waals surface area contributed by atoms with Crippen LogP contribution in [0.5, 0.6) is 0 Å². The summed E-state index contributed by atoms with van der Waals surface area (Å²) in [5, 5.41) is 7.69. The number of hydrogen-bond acceptors (Lipinski definition) is 4. The first-order chi connectivity index (χ1) is 10.6. The third kappa shape index (κ3) is 4.65. The molecule has 112 valence electrons. The smallest absolute Gasteiger partial charge is 0.182 e. The predicted molar refractivity (Wildman–Crippen MR) is 95.9 cm³/mol. The monoisotopic (exact) mass is 331 g/mol. The van der Waals surface area contributed by atoms with Gasteiger partial charge >= 0.3 is 0 Å². The van der Waals surface area contributed by atoms with Crippen LogP contribution in [-0.2, 0) is 4.79 Å². The van der Waals surface area contributed by atoms with Gasteiger partial charge in [0.25, 0.3) is 0 Å². The fourth-order valence-corrected chi connectivity index (χ4v) is 2.08. The first-order valence-electron chi connectivity index (χ1n) is 6.53.